The van der Waals surface area contributed by atoms with Crippen LogP contribution < -0.4 is 0 Å². The Morgan fingerprint density at radius 1 is 1.14 bits per heavy atom. The molecule has 1 aliphatic heterocycles. The molecule has 2 heteroatoms. The Bertz CT molecular complexity index is 179. The van der Waals surface area contributed by atoms with Gasteiger partial charge in [0.25, 0.3) is 0 Å². The highest BCUT2D eigenvalue weighted by atomic mass is 15.3. The number of hydrogen-bond acceptors (Lipinski definition) is 2. The average Bonchev–Trinajstić information content (AvgIpc) is 2.10. The lowest BCUT2D eigenvalue weighted by Crippen LogP contribution is -2.59. The molecule has 3 atom stereocenters. The van der Waals surface area contributed by atoms with Gasteiger partial charge in [0.1, 0.15) is 0 Å². The molecule has 1 aliphatic rings. The highest BCUT2D eigenvalue weighted by molar-refractivity contribution is 4.89. The molecular formula is C12H26N2. The van der Waals surface area contributed by atoms with Crippen LogP contribution in [0.2, 0.25) is 0 Å². The average molecular weight is 198 g/mol. The van der Waals surface area contributed by atoms with Gasteiger partial charge in [-0.25, -0.2) is 0 Å². The molecule has 0 N–H and O–H groups in total. The topological polar surface area (TPSA) is 6.48 Å². The predicted octanol–water partition coefficient (Wildman–Crippen LogP) is 2.06. The fourth-order valence-electron chi connectivity index (χ4n) is 2.45. The van der Waals surface area contributed by atoms with Crippen molar-refractivity contribution in [3.63, 3.8) is 0 Å². The molecule has 0 saturated carbocycles. The zero-order chi connectivity index (χ0) is 10.9. The van der Waals surface area contributed by atoms with Crippen molar-refractivity contribution >= 4 is 0 Å². The molecule has 0 radical (unpaired) electrons. The Labute approximate surface area is 89.3 Å². The minimum atomic E-state index is 0.678. The molecule has 84 valence electrons. The molecule has 1 fully saturated rings. The Morgan fingerprint density at radius 3 is 2.21 bits per heavy atom. The fourth-order valence-corrected chi connectivity index (χ4v) is 2.45. The number of rotatable bonds is 2. The summed E-state index contributed by atoms with van der Waals surface area (Å²) in [5.74, 6) is 0.802. The van der Waals surface area contributed by atoms with E-state index >= 15 is 0 Å². The maximum atomic E-state index is 2.56. The third-order valence-electron chi connectivity index (χ3n) is 3.85. The standard InChI is InChI=1S/C12H26N2/c1-9(2)7-12-8-13(5)10(3)11(4)14(12)6/h9-12H,7-8H2,1-6H3. The second kappa shape index (κ2) is 4.63. The van der Waals surface area contributed by atoms with Gasteiger partial charge in [0.2, 0.25) is 0 Å². The lowest BCUT2D eigenvalue weighted by molar-refractivity contribution is 0.0156. The van der Waals surface area contributed by atoms with Gasteiger partial charge in [0.15, 0.2) is 0 Å². The first-order valence-electron chi connectivity index (χ1n) is 5.85. The van der Waals surface area contributed by atoms with Crippen LogP contribution in [0.4, 0.5) is 0 Å². The SMILES string of the molecule is CC(C)CC1CN(C)C(C)C(C)N1C. The second-order valence-electron chi connectivity index (χ2n) is 5.37. The van der Waals surface area contributed by atoms with Crippen LogP contribution in [-0.4, -0.2) is 48.6 Å². The Hall–Kier alpha value is -0.0800. The smallest absolute Gasteiger partial charge is 0.0226 e. The number of hydrogen-bond donors (Lipinski definition) is 0. The minimum Gasteiger partial charge on any atom is -0.301 e. The Morgan fingerprint density at radius 2 is 1.71 bits per heavy atom. The summed E-state index contributed by atoms with van der Waals surface area (Å²) in [6.45, 7) is 10.5. The van der Waals surface area contributed by atoms with Gasteiger partial charge in [-0.2, -0.15) is 0 Å². The predicted molar refractivity (Wildman–Crippen MR) is 62.6 cm³/mol. The number of piperazine rings is 1. The summed E-state index contributed by atoms with van der Waals surface area (Å²) in [5, 5.41) is 0. The van der Waals surface area contributed by atoms with Crippen molar-refractivity contribution in [3.8, 4) is 0 Å². The van der Waals surface area contributed by atoms with E-state index in [1.165, 1.54) is 13.0 Å². The largest absolute Gasteiger partial charge is 0.301 e. The summed E-state index contributed by atoms with van der Waals surface area (Å²) in [5.41, 5.74) is 0. The van der Waals surface area contributed by atoms with Gasteiger partial charge in [-0.3, -0.25) is 4.90 Å². The summed E-state index contributed by atoms with van der Waals surface area (Å²) in [7, 11) is 4.53. The maximum absolute atomic E-state index is 2.56. The van der Waals surface area contributed by atoms with Crippen molar-refractivity contribution in [2.45, 2.75) is 52.2 Å². The first-order chi connectivity index (χ1) is 6.43. The molecule has 3 unspecified atom stereocenters. The lowest BCUT2D eigenvalue weighted by atomic mass is 9.95. The summed E-state index contributed by atoms with van der Waals surface area (Å²) in [6, 6.07) is 2.10. The monoisotopic (exact) mass is 198 g/mol. The van der Waals surface area contributed by atoms with Gasteiger partial charge in [0, 0.05) is 24.7 Å². The van der Waals surface area contributed by atoms with Gasteiger partial charge in [-0.05, 0) is 40.3 Å². The van der Waals surface area contributed by atoms with Gasteiger partial charge < -0.3 is 4.90 Å². The van der Waals surface area contributed by atoms with E-state index in [9.17, 15) is 0 Å². The number of likely N-dealkylation sites (N-methyl/N-ethyl adjacent to an activating group) is 2. The van der Waals surface area contributed by atoms with Crippen LogP contribution in [0.1, 0.15) is 34.1 Å². The summed E-state index contributed by atoms with van der Waals surface area (Å²) in [4.78, 5) is 5.06. The Balaban J connectivity index is 2.60. The highest BCUT2D eigenvalue weighted by Gasteiger charge is 2.32. The van der Waals surface area contributed by atoms with E-state index in [1.807, 2.05) is 0 Å². The maximum Gasteiger partial charge on any atom is 0.0226 e. The molecule has 0 aromatic rings. The first-order valence-corrected chi connectivity index (χ1v) is 5.85. The summed E-state index contributed by atoms with van der Waals surface area (Å²) < 4.78 is 0. The summed E-state index contributed by atoms with van der Waals surface area (Å²) >= 11 is 0. The lowest BCUT2D eigenvalue weighted by Gasteiger charge is -2.47. The van der Waals surface area contributed by atoms with Gasteiger partial charge in [-0.1, -0.05) is 13.8 Å². The van der Waals surface area contributed by atoms with Gasteiger partial charge in [0.05, 0.1) is 0 Å². The zero-order valence-corrected chi connectivity index (χ0v) is 10.6. The van der Waals surface area contributed by atoms with Gasteiger partial charge >= 0.3 is 0 Å². The van der Waals surface area contributed by atoms with E-state index in [0.29, 0.717) is 12.1 Å². The molecule has 1 saturated heterocycles. The first kappa shape index (κ1) is 12.0. The molecule has 2 nitrogen and oxygen atoms in total. The molecule has 0 bridgehead atoms. The van der Waals surface area contributed by atoms with Crippen molar-refractivity contribution in [3.05, 3.63) is 0 Å². The van der Waals surface area contributed by atoms with Crippen molar-refractivity contribution in [2.24, 2.45) is 5.92 Å². The van der Waals surface area contributed by atoms with E-state index in [1.54, 1.807) is 0 Å². The van der Waals surface area contributed by atoms with Crippen molar-refractivity contribution in [2.75, 3.05) is 20.6 Å². The van der Waals surface area contributed by atoms with Crippen LogP contribution in [0.5, 0.6) is 0 Å². The van der Waals surface area contributed by atoms with Crippen molar-refractivity contribution in [1.29, 1.82) is 0 Å². The summed E-state index contributed by atoms with van der Waals surface area (Å²) in [6.07, 6.45) is 1.32. The van der Waals surface area contributed by atoms with Crippen LogP contribution in [0.3, 0.4) is 0 Å². The molecule has 1 rings (SSSR count). The van der Waals surface area contributed by atoms with Gasteiger partial charge in [-0.15, -0.1) is 0 Å². The molecule has 0 amide bonds. The van der Waals surface area contributed by atoms with Crippen LogP contribution in [0.25, 0.3) is 0 Å². The van der Waals surface area contributed by atoms with Crippen molar-refractivity contribution in [1.82, 2.24) is 9.80 Å². The van der Waals surface area contributed by atoms with E-state index in [0.717, 1.165) is 12.0 Å². The quantitative estimate of drug-likeness (QED) is 0.670. The molecule has 1 heterocycles. The molecule has 14 heavy (non-hydrogen) atoms. The van der Waals surface area contributed by atoms with Crippen LogP contribution >= 0.6 is 0 Å². The second-order valence-corrected chi connectivity index (χ2v) is 5.37. The third-order valence-corrected chi connectivity index (χ3v) is 3.85. The molecule has 0 aliphatic carbocycles. The number of nitrogens with zero attached hydrogens (tertiary/aromatic N) is 2. The fraction of sp³-hybridized carbons (Fsp3) is 1.00. The van der Waals surface area contributed by atoms with Crippen molar-refractivity contribution < 1.29 is 0 Å². The highest BCUT2D eigenvalue weighted by Crippen LogP contribution is 2.22. The molecule has 0 spiro atoms. The van der Waals surface area contributed by atoms with E-state index in [4.69, 9.17) is 0 Å². The Kier molecular flexibility index (Phi) is 3.96. The zero-order valence-electron chi connectivity index (χ0n) is 10.6. The third kappa shape index (κ3) is 2.48. The van der Waals surface area contributed by atoms with Crippen LogP contribution in [0.15, 0.2) is 0 Å². The minimum absolute atomic E-state index is 0.678. The molecule has 0 aromatic heterocycles. The van der Waals surface area contributed by atoms with Crippen LogP contribution in [-0.2, 0) is 0 Å². The van der Waals surface area contributed by atoms with E-state index in [-0.39, 0.29) is 0 Å². The van der Waals surface area contributed by atoms with E-state index < -0.39 is 0 Å². The normalized spacial score (nSPS) is 36.6. The van der Waals surface area contributed by atoms with Crippen LogP contribution in [0, 0.1) is 5.92 Å². The molecule has 0 aromatic carbocycles. The molecular weight excluding hydrogens is 172 g/mol. The van der Waals surface area contributed by atoms with E-state index in [2.05, 4.69) is 51.6 Å².